The first kappa shape index (κ1) is 19.8. The van der Waals surface area contributed by atoms with Crippen LogP contribution in [0.2, 0.25) is 5.02 Å². The highest BCUT2D eigenvalue weighted by atomic mass is 35.5. The lowest BCUT2D eigenvalue weighted by Gasteiger charge is -2.20. The summed E-state index contributed by atoms with van der Waals surface area (Å²) >= 11 is 8.62. The first-order valence-corrected chi connectivity index (χ1v) is 12.4. The predicted octanol–water partition coefficient (Wildman–Crippen LogP) is 3.72. The quantitative estimate of drug-likeness (QED) is 0.601. The summed E-state index contributed by atoms with van der Waals surface area (Å²) < 4.78 is 30.2. The second kappa shape index (κ2) is 7.72. The third-order valence-corrected chi connectivity index (χ3v) is 9.27. The van der Waals surface area contributed by atoms with Gasteiger partial charge in [-0.2, -0.15) is 9.30 Å². The number of aromatic nitrogens is 1. The van der Waals surface area contributed by atoms with E-state index < -0.39 is 22.0 Å². The average Bonchev–Trinajstić information content (AvgIpc) is 3.40. The molecule has 0 bridgehead atoms. The number of thiazole rings is 1. The van der Waals surface area contributed by atoms with Gasteiger partial charge in [0, 0.05) is 18.1 Å². The summed E-state index contributed by atoms with van der Waals surface area (Å²) in [5, 5.41) is 2.34. The molecular formula is C18H18ClN3O3S3. The highest BCUT2D eigenvalue weighted by Crippen LogP contribution is 2.29. The molecule has 0 N–H and O–H groups in total. The van der Waals surface area contributed by atoms with E-state index in [0.717, 1.165) is 21.6 Å². The lowest BCUT2D eigenvalue weighted by atomic mass is 10.2. The zero-order valence-electron chi connectivity index (χ0n) is 15.0. The van der Waals surface area contributed by atoms with Crippen molar-refractivity contribution in [2.45, 2.75) is 36.6 Å². The molecule has 10 heteroatoms. The molecule has 1 atom stereocenters. The molecule has 1 aliphatic heterocycles. The molecule has 28 heavy (non-hydrogen) atoms. The molecule has 0 aliphatic carbocycles. The van der Waals surface area contributed by atoms with E-state index in [1.54, 1.807) is 23.6 Å². The van der Waals surface area contributed by atoms with Crippen LogP contribution in [0, 0.1) is 0 Å². The average molecular weight is 456 g/mol. The summed E-state index contributed by atoms with van der Waals surface area (Å²) in [7, 11) is -3.68. The number of carbonyl (C=O) groups excluding carboxylic acids is 1. The van der Waals surface area contributed by atoms with Crippen LogP contribution in [0.5, 0.6) is 0 Å². The number of sulfonamides is 1. The minimum absolute atomic E-state index is 0.257. The molecule has 148 valence electrons. The maximum absolute atomic E-state index is 13.0. The molecule has 3 aromatic rings. The van der Waals surface area contributed by atoms with Crippen LogP contribution in [0.1, 0.15) is 19.8 Å². The van der Waals surface area contributed by atoms with Gasteiger partial charge in [0.2, 0.25) is 0 Å². The monoisotopic (exact) mass is 455 g/mol. The molecule has 2 aromatic heterocycles. The number of carbonyl (C=O) groups is 1. The topological polar surface area (TPSA) is 71.7 Å². The van der Waals surface area contributed by atoms with Gasteiger partial charge in [-0.25, -0.2) is 8.42 Å². The van der Waals surface area contributed by atoms with Crippen molar-refractivity contribution >= 4 is 60.4 Å². The van der Waals surface area contributed by atoms with E-state index in [4.69, 9.17) is 11.6 Å². The first-order valence-electron chi connectivity index (χ1n) is 8.84. The Bertz CT molecular complexity index is 1200. The molecule has 0 saturated carbocycles. The van der Waals surface area contributed by atoms with Crippen molar-refractivity contribution in [2.75, 3.05) is 6.54 Å². The fourth-order valence-corrected chi connectivity index (χ4v) is 7.55. The van der Waals surface area contributed by atoms with Crippen molar-refractivity contribution in [1.82, 2.24) is 8.87 Å². The van der Waals surface area contributed by atoms with Crippen LogP contribution in [-0.2, 0) is 21.4 Å². The molecule has 1 aliphatic rings. The van der Waals surface area contributed by atoms with Crippen LogP contribution in [0.4, 0.5) is 0 Å². The number of nitrogens with zero attached hydrogens (tertiary/aromatic N) is 3. The predicted molar refractivity (Wildman–Crippen MR) is 112 cm³/mol. The van der Waals surface area contributed by atoms with Crippen molar-refractivity contribution in [1.29, 1.82) is 0 Å². The fraction of sp³-hybridized carbons (Fsp3) is 0.333. The third kappa shape index (κ3) is 3.46. The van der Waals surface area contributed by atoms with Crippen molar-refractivity contribution in [3.63, 3.8) is 0 Å². The zero-order valence-corrected chi connectivity index (χ0v) is 18.2. The molecule has 1 saturated heterocycles. The standard InChI is InChI=1S/C18H18ClN3O3S3/c1-2-21-13-8-7-12(19)11-15(13)27-18(21)20-17(23)14-5-3-9-22(14)28(24,25)16-6-4-10-26-16/h4,6-8,10-11,14H,2-3,5,9H2,1H3. The fourth-order valence-electron chi connectivity index (χ4n) is 3.41. The van der Waals surface area contributed by atoms with Gasteiger partial charge in [0.05, 0.1) is 10.2 Å². The Balaban J connectivity index is 1.72. The minimum Gasteiger partial charge on any atom is -0.317 e. The summed E-state index contributed by atoms with van der Waals surface area (Å²) in [6.07, 6.45) is 1.13. The summed E-state index contributed by atoms with van der Waals surface area (Å²) in [5.41, 5.74) is 0.956. The molecular weight excluding hydrogens is 438 g/mol. The van der Waals surface area contributed by atoms with Gasteiger partial charge >= 0.3 is 0 Å². The van der Waals surface area contributed by atoms with Gasteiger partial charge in [-0.3, -0.25) is 4.79 Å². The SMILES string of the molecule is CCn1c(=NC(=O)C2CCCN2S(=O)(=O)c2cccs2)sc2cc(Cl)ccc21. The molecule has 1 fully saturated rings. The maximum atomic E-state index is 13.0. The van der Waals surface area contributed by atoms with Crippen LogP contribution in [0.15, 0.2) is 44.9 Å². The number of rotatable bonds is 4. The highest BCUT2D eigenvalue weighted by molar-refractivity contribution is 7.91. The van der Waals surface area contributed by atoms with E-state index in [0.29, 0.717) is 35.8 Å². The van der Waals surface area contributed by atoms with Gasteiger partial charge in [0.15, 0.2) is 4.80 Å². The van der Waals surface area contributed by atoms with Crippen molar-refractivity contribution in [3.05, 3.63) is 45.5 Å². The van der Waals surface area contributed by atoms with Gasteiger partial charge < -0.3 is 4.57 Å². The van der Waals surface area contributed by atoms with Gasteiger partial charge in [0.1, 0.15) is 10.3 Å². The van der Waals surface area contributed by atoms with Crippen LogP contribution in [-0.4, -0.2) is 35.8 Å². The molecule has 1 aromatic carbocycles. The molecule has 1 unspecified atom stereocenters. The van der Waals surface area contributed by atoms with E-state index in [9.17, 15) is 13.2 Å². The minimum atomic E-state index is -3.68. The summed E-state index contributed by atoms with van der Waals surface area (Å²) in [6, 6.07) is 8.07. The van der Waals surface area contributed by atoms with Gasteiger partial charge in [-0.15, -0.1) is 11.3 Å². The number of hydrogen-bond acceptors (Lipinski definition) is 5. The Labute approximate surface area is 175 Å². The smallest absolute Gasteiger partial charge is 0.266 e. The molecule has 3 heterocycles. The Morgan fingerprint density at radius 3 is 2.89 bits per heavy atom. The zero-order chi connectivity index (χ0) is 19.9. The highest BCUT2D eigenvalue weighted by Gasteiger charge is 2.39. The number of aryl methyl sites for hydroxylation is 1. The normalized spacial score (nSPS) is 18.9. The Morgan fingerprint density at radius 1 is 1.36 bits per heavy atom. The van der Waals surface area contributed by atoms with Crippen LogP contribution < -0.4 is 4.80 Å². The second-order valence-electron chi connectivity index (χ2n) is 6.40. The Kier molecular flexibility index (Phi) is 5.45. The largest absolute Gasteiger partial charge is 0.317 e. The van der Waals surface area contributed by atoms with E-state index in [-0.39, 0.29) is 4.21 Å². The molecule has 0 radical (unpaired) electrons. The molecule has 0 spiro atoms. The van der Waals surface area contributed by atoms with Crippen LogP contribution in [0.25, 0.3) is 10.2 Å². The third-order valence-electron chi connectivity index (χ3n) is 4.71. The molecule has 1 amide bonds. The Hall–Kier alpha value is -1.52. The van der Waals surface area contributed by atoms with Crippen molar-refractivity contribution in [2.24, 2.45) is 4.99 Å². The van der Waals surface area contributed by atoms with Crippen molar-refractivity contribution < 1.29 is 13.2 Å². The van der Waals surface area contributed by atoms with Crippen molar-refractivity contribution in [3.8, 4) is 0 Å². The van der Waals surface area contributed by atoms with Crippen LogP contribution in [0.3, 0.4) is 0 Å². The first-order chi connectivity index (χ1) is 13.4. The number of thiophene rings is 1. The number of hydrogen-bond donors (Lipinski definition) is 0. The summed E-state index contributed by atoms with van der Waals surface area (Å²) in [6.45, 7) is 2.96. The number of halogens is 1. The number of benzene rings is 1. The number of amides is 1. The van der Waals surface area contributed by atoms with E-state index in [2.05, 4.69) is 4.99 Å². The van der Waals surface area contributed by atoms with Gasteiger partial charge in [0.25, 0.3) is 15.9 Å². The Morgan fingerprint density at radius 2 is 2.18 bits per heavy atom. The van der Waals surface area contributed by atoms with Gasteiger partial charge in [-0.05, 0) is 49.4 Å². The number of fused-ring (bicyclic) bond motifs is 1. The summed E-state index contributed by atoms with van der Waals surface area (Å²) in [5.74, 6) is -0.419. The van der Waals surface area contributed by atoms with E-state index >= 15 is 0 Å². The lowest BCUT2D eigenvalue weighted by molar-refractivity contribution is -0.121. The lowest BCUT2D eigenvalue weighted by Crippen LogP contribution is -2.40. The summed E-state index contributed by atoms with van der Waals surface area (Å²) in [4.78, 5) is 17.8. The van der Waals surface area contributed by atoms with Crippen LogP contribution >= 0.6 is 34.3 Å². The van der Waals surface area contributed by atoms with E-state index in [1.165, 1.54) is 15.6 Å². The maximum Gasteiger partial charge on any atom is 0.266 e. The van der Waals surface area contributed by atoms with E-state index in [1.807, 2.05) is 23.6 Å². The molecule has 4 rings (SSSR count). The molecule has 6 nitrogen and oxygen atoms in total. The van der Waals surface area contributed by atoms with Gasteiger partial charge in [-0.1, -0.05) is 29.0 Å². The second-order valence-corrected chi connectivity index (χ2v) is 10.9.